The molecule has 8 heavy (non-hydrogen) atoms. The van der Waals surface area contributed by atoms with Crippen LogP contribution in [0.25, 0.3) is 0 Å². The van der Waals surface area contributed by atoms with Gasteiger partial charge in [-0.1, -0.05) is 27.7 Å². The van der Waals surface area contributed by atoms with Gasteiger partial charge in [0.2, 0.25) is 0 Å². The molecule has 0 fully saturated rings. The maximum absolute atomic E-state index is 4.27. The standard InChI is InChI=1S/C4H6BrNS2/c1-7-4-6-3(5)2-8-4/h3H,2H2,1H3. The molecule has 0 N–H and O–H groups in total. The third-order valence-electron chi connectivity index (χ3n) is 0.764. The van der Waals surface area contributed by atoms with Crippen LogP contribution in [-0.4, -0.2) is 21.3 Å². The van der Waals surface area contributed by atoms with Crippen LogP contribution in [-0.2, 0) is 0 Å². The molecule has 1 rings (SSSR count). The summed E-state index contributed by atoms with van der Waals surface area (Å²) >= 11 is 6.93. The van der Waals surface area contributed by atoms with E-state index in [9.17, 15) is 0 Å². The zero-order chi connectivity index (χ0) is 5.98. The van der Waals surface area contributed by atoms with Crippen molar-refractivity contribution >= 4 is 43.8 Å². The summed E-state index contributed by atoms with van der Waals surface area (Å²) in [7, 11) is 0. The summed E-state index contributed by atoms with van der Waals surface area (Å²) in [5.74, 6) is 1.09. The Morgan fingerprint density at radius 1 is 2.00 bits per heavy atom. The molecular weight excluding hydrogens is 206 g/mol. The molecule has 1 atom stereocenters. The van der Waals surface area contributed by atoms with E-state index >= 15 is 0 Å². The van der Waals surface area contributed by atoms with Crippen LogP contribution in [0.1, 0.15) is 0 Å². The summed E-state index contributed by atoms with van der Waals surface area (Å²) in [4.78, 5) is 4.64. The van der Waals surface area contributed by atoms with Gasteiger partial charge in [0.25, 0.3) is 0 Å². The van der Waals surface area contributed by atoms with Gasteiger partial charge in [-0.3, -0.25) is 4.99 Å². The molecule has 0 saturated carbocycles. The normalized spacial score (nSPS) is 28.2. The molecule has 1 aliphatic heterocycles. The van der Waals surface area contributed by atoms with E-state index in [-0.39, 0.29) is 0 Å². The number of nitrogens with zero attached hydrogens (tertiary/aromatic N) is 1. The summed E-state index contributed by atoms with van der Waals surface area (Å²) < 4.78 is 1.20. The van der Waals surface area contributed by atoms with Crippen LogP contribution in [0, 0.1) is 0 Å². The smallest absolute Gasteiger partial charge is 0.125 e. The molecule has 1 aliphatic rings. The minimum atomic E-state index is 0.370. The summed E-state index contributed by atoms with van der Waals surface area (Å²) in [6.45, 7) is 0. The molecule has 0 amide bonds. The van der Waals surface area contributed by atoms with Crippen LogP contribution < -0.4 is 0 Å². The fourth-order valence-electron chi connectivity index (χ4n) is 0.441. The average molecular weight is 212 g/mol. The van der Waals surface area contributed by atoms with Crippen LogP contribution in [0.5, 0.6) is 0 Å². The third kappa shape index (κ3) is 1.67. The Morgan fingerprint density at radius 2 is 2.75 bits per heavy atom. The molecule has 0 aromatic rings. The van der Waals surface area contributed by atoms with Crippen molar-refractivity contribution in [3.8, 4) is 0 Å². The van der Waals surface area contributed by atoms with E-state index in [0.717, 1.165) is 5.75 Å². The molecule has 0 radical (unpaired) electrons. The Kier molecular flexibility index (Phi) is 2.72. The van der Waals surface area contributed by atoms with E-state index in [1.807, 2.05) is 11.8 Å². The number of thioether (sulfide) groups is 2. The third-order valence-corrected chi connectivity index (χ3v) is 3.86. The van der Waals surface area contributed by atoms with Crippen molar-refractivity contribution < 1.29 is 0 Å². The fraction of sp³-hybridized carbons (Fsp3) is 0.750. The van der Waals surface area contributed by atoms with Crippen LogP contribution in [0.4, 0.5) is 0 Å². The zero-order valence-electron chi connectivity index (χ0n) is 4.43. The summed E-state index contributed by atoms with van der Waals surface area (Å²) in [5, 5.41) is 0. The van der Waals surface area contributed by atoms with E-state index in [0.29, 0.717) is 4.95 Å². The first-order valence-electron chi connectivity index (χ1n) is 2.21. The maximum atomic E-state index is 4.27. The van der Waals surface area contributed by atoms with Crippen LogP contribution in [0.15, 0.2) is 4.99 Å². The van der Waals surface area contributed by atoms with Crippen molar-refractivity contribution in [2.45, 2.75) is 4.95 Å². The lowest BCUT2D eigenvalue weighted by Gasteiger charge is -1.85. The van der Waals surface area contributed by atoms with E-state index in [4.69, 9.17) is 0 Å². The zero-order valence-corrected chi connectivity index (χ0v) is 7.65. The average Bonchev–Trinajstić information content (AvgIpc) is 2.14. The minimum Gasteiger partial charge on any atom is -0.256 e. The summed E-state index contributed by atoms with van der Waals surface area (Å²) in [5.41, 5.74) is 0. The highest BCUT2D eigenvalue weighted by molar-refractivity contribution is 9.09. The van der Waals surface area contributed by atoms with Crippen molar-refractivity contribution in [2.75, 3.05) is 12.0 Å². The van der Waals surface area contributed by atoms with Gasteiger partial charge >= 0.3 is 0 Å². The number of hydrogen-bond acceptors (Lipinski definition) is 3. The maximum Gasteiger partial charge on any atom is 0.125 e. The van der Waals surface area contributed by atoms with Crippen molar-refractivity contribution in [1.29, 1.82) is 0 Å². The molecule has 0 aromatic carbocycles. The Balaban J connectivity index is 2.44. The molecule has 0 saturated heterocycles. The lowest BCUT2D eigenvalue weighted by Crippen LogP contribution is -1.86. The van der Waals surface area contributed by atoms with E-state index in [1.165, 1.54) is 4.38 Å². The highest BCUT2D eigenvalue weighted by Gasteiger charge is 2.12. The number of halogens is 1. The lowest BCUT2D eigenvalue weighted by molar-refractivity contribution is 1.11. The molecule has 0 aliphatic carbocycles. The first-order valence-corrected chi connectivity index (χ1v) is 5.34. The molecule has 1 unspecified atom stereocenters. The fourth-order valence-corrected chi connectivity index (χ4v) is 2.78. The van der Waals surface area contributed by atoms with Crippen molar-refractivity contribution in [1.82, 2.24) is 0 Å². The largest absolute Gasteiger partial charge is 0.256 e. The van der Waals surface area contributed by atoms with Gasteiger partial charge in [-0.2, -0.15) is 0 Å². The predicted molar refractivity (Wildman–Crippen MR) is 46.1 cm³/mol. The van der Waals surface area contributed by atoms with Gasteiger partial charge in [-0.05, 0) is 6.26 Å². The molecular formula is C4H6BrNS2. The summed E-state index contributed by atoms with van der Waals surface area (Å²) in [6, 6.07) is 0. The van der Waals surface area contributed by atoms with Gasteiger partial charge in [0.1, 0.15) is 9.33 Å². The number of alkyl halides is 1. The summed E-state index contributed by atoms with van der Waals surface area (Å²) in [6.07, 6.45) is 2.05. The van der Waals surface area contributed by atoms with Crippen molar-refractivity contribution in [3.63, 3.8) is 0 Å². The second-order valence-corrected chi connectivity index (χ2v) is 4.46. The van der Waals surface area contributed by atoms with Crippen LogP contribution in [0.3, 0.4) is 0 Å². The second-order valence-electron chi connectivity index (χ2n) is 1.34. The SMILES string of the molecule is CSC1=NC(Br)CS1. The van der Waals surface area contributed by atoms with E-state index in [1.54, 1.807) is 11.8 Å². The molecule has 0 aromatic heterocycles. The Bertz CT molecular complexity index is 115. The molecule has 0 spiro atoms. The molecule has 1 nitrogen and oxygen atoms in total. The highest BCUT2D eigenvalue weighted by Crippen LogP contribution is 2.26. The monoisotopic (exact) mass is 211 g/mol. The molecule has 46 valence electrons. The number of hydrogen-bond donors (Lipinski definition) is 0. The van der Waals surface area contributed by atoms with Crippen molar-refractivity contribution in [2.24, 2.45) is 4.99 Å². The Hall–Kier alpha value is 0.850. The van der Waals surface area contributed by atoms with E-state index in [2.05, 4.69) is 27.2 Å². The molecule has 1 heterocycles. The quantitative estimate of drug-likeness (QED) is 0.450. The van der Waals surface area contributed by atoms with Gasteiger partial charge < -0.3 is 0 Å². The van der Waals surface area contributed by atoms with Gasteiger partial charge in [-0.25, -0.2) is 0 Å². The van der Waals surface area contributed by atoms with Gasteiger partial charge in [0, 0.05) is 5.75 Å². The predicted octanol–water partition coefficient (Wildman–Crippen LogP) is 2.17. The Labute approximate surface area is 65.8 Å². The molecule has 4 heteroatoms. The number of aliphatic imine (C=N–C) groups is 1. The molecule has 0 bridgehead atoms. The Morgan fingerprint density at radius 3 is 3.00 bits per heavy atom. The minimum absolute atomic E-state index is 0.370. The van der Waals surface area contributed by atoms with E-state index < -0.39 is 0 Å². The van der Waals surface area contributed by atoms with Crippen LogP contribution >= 0.6 is 39.5 Å². The van der Waals surface area contributed by atoms with Gasteiger partial charge in [-0.15, -0.1) is 11.8 Å². The highest BCUT2D eigenvalue weighted by atomic mass is 79.9. The lowest BCUT2D eigenvalue weighted by atomic mass is 10.8. The van der Waals surface area contributed by atoms with Gasteiger partial charge in [0.05, 0.1) is 0 Å². The number of rotatable bonds is 0. The van der Waals surface area contributed by atoms with Gasteiger partial charge in [0.15, 0.2) is 0 Å². The second kappa shape index (κ2) is 3.13. The van der Waals surface area contributed by atoms with Crippen molar-refractivity contribution in [3.05, 3.63) is 0 Å². The first-order chi connectivity index (χ1) is 3.83. The first kappa shape index (κ1) is 6.96. The van der Waals surface area contributed by atoms with Crippen LogP contribution in [0.2, 0.25) is 0 Å². The topological polar surface area (TPSA) is 12.4 Å².